The molecule has 1 aliphatic heterocycles. The number of hydrogen-bond acceptors (Lipinski definition) is 6. The summed E-state index contributed by atoms with van der Waals surface area (Å²) < 4.78 is 47.2. The van der Waals surface area contributed by atoms with Crippen LogP contribution < -0.4 is 5.76 Å². The lowest BCUT2D eigenvalue weighted by atomic mass is 10.1. The largest absolute Gasteiger partial charge is 0.438 e. The number of aromatic nitrogens is 2. The van der Waals surface area contributed by atoms with Crippen molar-refractivity contribution in [2.45, 2.75) is 30.8 Å². The Morgan fingerprint density at radius 1 is 0.969 bits per heavy atom. The third-order valence-corrected chi connectivity index (χ3v) is 7.97. The molecule has 8 nitrogen and oxygen atoms in total. The number of rotatable bonds is 5. The predicted molar refractivity (Wildman–Crippen MR) is 115 cm³/mol. The number of fused-ring (bicyclic) bond motifs is 1. The number of sulfonamides is 1. The third-order valence-electron chi connectivity index (χ3n) is 6.07. The lowest BCUT2D eigenvalue weighted by Gasteiger charge is -2.33. The van der Waals surface area contributed by atoms with E-state index in [1.165, 1.54) is 38.8 Å². The maximum atomic E-state index is 13.1. The van der Waals surface area contributed by atoms with E-state index in [9.17, 15) is 17.6 Å². The lowest BCUT2D eigenvalue weighted by molar-refractivity contribution is 0.142. The predicted octanol–water partition coefficient (Wildman–Crippen LogP) is 2.10. The summed E-state index contributed by atoms with van der Waals surface area (Å²) >= 11 is 0. The van der Waals surface area contributed by atoms with Crippen molar-refractivity contribution >= 4 is 10.0 Å². The van der Waals surface area contributed by atoms with Crippen LogP contribution in [0.2, 0.25) is 0 Å². The van der Waals surface area contributed by atoms with Gasteiger partial charge in [-0.2, -0.15) is 8.99 Å². The molecule has 168 valence electrons. The second-order valence-electron chi connectivity index (χ2n) is 8.13. The highest BCUT2D eigenvalue weighted by atomic mass is 32.2. The average molecular weight is 459 g/mol. The van der Waals surface area contributed by atoms with E-state index >= 15 is 0 Å². The van der Waals surface area contributed by atoms with Gasteiger partial charge in [0.2, 0.25) is 15.9 Å². The van der Waals surface area contributed by atoms with E-state index in [1.807, 2.05) is 17.0 Å². The molecule has 0 spiro atoms. The van der Waals surface area contributed by atoms with Gasteiger partial charge in [0.1, 0.15) is 12.5 Å². The van der Waals surface area contributed by atoms with Gasteiger partial charge in [-0.15, -0.1) is 5.10 Å². The summed E-state index contributed by atoms with van der Waals surface area (Å²) in [5, 5.41) is 4.19. The minimum atomic E-state index is -3.55. The molecule has 0 unspecified atom stereocenters. The molecule has 2 heterocycles. The van der Waals surface area contributed by atoms with E-state index in [1.54, 1.807) is 6.07 Å². The topological polar surface area (TPSA) is 88.7 Å². The highest BCUT2D eigenvalue weighted by Crippen LogP contribution is 2.26. The summed E-state index contributed by atoms with van der Waals surface area (Å²) in [5.74, 6) is -0.881. The molecule has 1 fully saturated rings. The Kier molecular flexibility index (Phi) is 5.44. The Hall–Kier alpha value is -2.82. The van der Waals surface area contributed by atoms with Gasteiger partial charge < -0.3 is 4.42 Å². The van der Waals surface area contributed by atoms with Crippen LogP contribution in [-0.4, -0.2) is 53.6 Å². The second kappa shape index (κ2) is 8.27. The first-order chi connectivity index (χ1) is 15.4. The average Bonchev–Trinajstić information content (AvgIpc) is 3.41. The van der Waals surface area contributed by atoms with E-state index in [2.05, 4.69) is 5.10 Å². The number of nitrogens with zero attached hydrogens (tertiary/aromatic N) is 4. The fourth-order valence-electron chi connectivity index (χ4n) is 4.26. The van der Waals surface area contributed by atoms with Crippen LogP contribution in [0.1, 0.15) is 17.5 Å². The molecule has 2 aromatic carbocycles. The van der Waals surface area contributed by atoms with Crippen LogP contribution in [0.5, 0.6) is 0 Å². The molecule has 10 heteroatoms. The molecular formula is C22H23FN4O4S. The highest BCUT2D eigenvalue weighted by Gasteiger charge is 2.30. The number of aryl methyl sites for hydroxylation is 2. The molecule has 0 N–H and O–H groups in total. The van der Waals surface area contributed by atoms with E-state index in [0.29, 0.717) is 36.6 Å². The monoisotopic (exact) mass is 458 g/mol. The quantitative estimate of drug-likeness (QED) is 0.582. The Labute approximate surface area is 184 Å². The molecule has 0 radical (unpaired) electrons. The molecule has 0 bridgehead atoms. The van der Waals surface area contributed by atoms with Gasteiger partial charge in [-0.05, 0) is 66.8 Å². The van der Waals surface area contributed by atoms with Gasteiger partial charge in [-0.3, -0.25) is 4.90 Å². The van der Waals surface area contributed by atoms with Crippen LogP contribution in [0.25, 0.3) is 11.5 Å². The SMILES string of the molecule is O=c1oc(-c2ccc(F)cc2)nn1CN1CCN(S(=O)(=O)c2ccc3c(c2)CCC3)CC1. The Morgan fingerprint density at radius 2 is 1.69 bits per heavy atom. The maximum Gasteiger partial charge on any atom is 0.438 e. The minimum absolute atomic E-state index is 0.118. The number of hydrogen-bond donors (Lipinski definition) is 0. The molecule has 0 amide bonds. The van der Waals surface area contributed by atoms with Crippen LogP contribution in [0.4, 0.5) is 4.39 Å². The molecule has 1 saturated heterocycles. The lowest BCUT2D eigenvalue weighted by Crippen LogP contribution is -2.49. The van der Waals surface area contributed by atoms with Crippen molar-refractivity contribution in [3.63, 3.8) is 0 Å². The van der Waals surface area contributed by atoms with Gasteiger partial charge in [0.05, 0.1) is 4.90 Å². The van der Waals surface area contributed by atoms with Gasteiger partial charge >= 0.3 is 5.76 Å². The normalized spacial score (nSPS) is 17.5. The summed E-state index contributed by atoms with van der Waals surface area (Å²) in [5.41, 5.74) is 2.88. The first-order valence-corrected chi connectivity index (χ1v) is 12.0. The van der Waals surface area contributed by atoms with Crippen molar-refractivity contribution in [2.24, 2.45) is 0 Å². The fraction of sp³-hybridized carbons (Fsp3) is 0.364. The first kappa shape index (κ1) is 21.0. The standard InChI is InChI=1S/C22H23FN4O4S/c23-19-7-4-17(5-8-19)21-24-27(22(28)31-21)15-25-10-12-26(13-11-25)32(29,30)20-9-6-16-2-1-3-18(16)14-20/h4-9,14H,1-3,10-13,15H2. The number of halogens is 1. The molecule has 1 aliphatic carbocycles. The molecule has 0 atom stereocenters. The van der Waals surface area contributed by atoms with Gasteiger partial charge in [-0.25, -0.2) is 17.6 Å². The van der Waals surface area contributed by atoms with Crippen LogP contribution in [-0.2, 0) is 29.5 Å². The van der Waals surface area contributed by atoms with Gasteiger partial charge in [0.25, 0.3) is 0 Å². The Morgan fingerprint density at radius 3 is 2.44 bits per heavy atom. The van der Waals surface area contributed by atoms with E-state index < -0.39 is 15.8 Å². The highest BCUT2D eigenvalue weighted by molar-refractivity contribution is 7.89. The molecule has 2 aliphatic rings. The number of piperazine rings is 1. The van der Waals surface area contributed by atoms with E-state index in [4.69, 9.17) is 4.42 Å². The van der Waals surface area contributed by atoms with Crippen molar-refractivity contribution in [1.29, 1.82) is 0 Å². The van der Waals surface area contributed by atoms with Gasteiger partial charge in [0.15, 0.2) is 0 Å². The van der Waals surface area contributed by atoms with Crippen molar-refractivity contribution in [2.75, 3.05) is 26.2 Å². The molecule has 1 aromatic heterocycles. The zero-order valence-corrected chi connectivity index (χ0v) is 18.2. The minimum Gasteiger partial charge on any atom is -0.388 e. The molecule has 3 aromatic rings. The zero-order chi connectivity index (χ0) is 22.3. The third kappa shape index (κ3) is 4.01. The summed E-state index contributed by atoms with van der Waals surface area (Å²) in [6.07, 6.45) is 3.01. The van der Waals surface area contributed by atoms with Crippen LogP contribution in [0.15, 0.2) is 56.6 Å². The first-order valence-electron chi connectivity index (χ1n) is 10.6. The summed E-state index contributed by atoms with van der Waals surface area (Å²) in [6.45, 7) is 1.79. The maximum absolute atomic E-state index is 13.1. The van der Waals surface area contributed by atoms with Crippen LogP contribution in [0, 0.1) is 5.82 Å². The van der Waals surface area contributed by atoms with Gasteiger partial charge in [-0.1, -0.05) is 6.07 Å². The van der Waals surface area contributed by atoms with Gasteiger partial charge in [0, 0.05) is 31.7 Å². The summed E-state index contributed by atoms with van der Waals surface area (Å²) in [7, 11) is -3.55. The zero-order valence-electron chi connectivity index (χ0n) is 17.4. The second-order valence-corrected chi connectivity index (χ2v) is 10.1. The van der Waals surface area contributed by atoms with Crippen molar-refractivity contribution in [3.05, 3.63) is 70.0 Å². The summed E-state index contributed by atoms with van der Waals surface area (Å²) in [4.78, 5) is 14.5. The molecule has 32 heavy (non-hydrogen) atoms. The van der Waals surface area contributed by atoms with Crippen molar-refractivity contribution in [1.82, 2.24) is 19.0 Å². The molecule has 5 rings (SSSR count). The van der Waals surface area contributed by atoms with Crippen LogP contribution in [0.3, 0.4) is 0 Å². The Bertz CT molecular complexity index is 1290. The van der Waals surface area contributed by atoms with Crippen molar-refractivity contribution < 1.29 is 17.2 Å². The van der Waals surface area contributed by atoms with E-state index in [-0.39, 0.29) is 18.4 Å². The van der Waals surface area contributed by atoms with E-state index in [0.717, 1.165) is 24.8 Å². The van der Waals surface area contributed by atoms with Crippen molar-refractivity contribution in [3.8, 4) is 11.5 Å². The van der Waals surface area contributed by atoms with Crippen LogP contribution >= 0.6 is 0 Å². The Balaban J connectivity index is 1.24. The summed E-state index contributed by atoms with van der Waals surface area (Å²) in [6, 6.07) is 11.0. The number of benzene rings is 2. The molecular weight excluding hydrogens is 435 g/mol. The fourth-order valence-corrected chi connectivity index (χ4v) is 5.74. The smallest absolute Gasteiger partial charge is 0.388 e. The molecule has 0 saturated carbocycles.